The van der Waals surface area contributed by atoms with Crippen molar-refractivity contribution in [1.82, 2.24) is 10.6 Å². The van der Waals surface area contributed by atoms with E-state index in [1.54, 1.807) is 6.92 Å². The molecule has 0 bridgehead atoms. The van der Waals surface area contributed by atoms with Crippen molar-refractivity contribution in [3.63, 3.8) is 0 Å². The van der Waals surface area contributed by atoms with Crippen LogP contribution >= 0.6 is 0 Å². The maximum absolute atomic E-state index is 11.5. The zero-order valence-corrected chi connectivity index (χ0v) is 11.4. The lowest BCUT2D eigenvalue weighted by Gasteiger charge is -2.20. The zero-order valence-electron chi connectivity index (χ0n) is 11.4. The van der Waals surface area contributed by atoms with Crippen molar-refractivity contribution in [2.45, 2.75) is 39.7 Å². The first kappa shape index (κ1) is 15.9. The topological polar surface area (TPSA) is 67.4 Å². The molecule has 1 atom stereocenters. The van der Waals surface area contributed by atoms with Crippen molar-refractivity contribution in [2.75, 3.05) is 20.2 Å². The number of hydrogen-bond acceptors (Lipinski definition) is 4. The molecule has 0 radical (unpaired) electrons. The quantitative estimate of drug-likeness (QED) is 0.533. The number of rotatable bonds is 6. The molecule has 0 rings (SSSR count). The number of amides is 1. The van der Waals surface area contributed by atoms with Gasteiger partial charge in [-0.05, 0) is 20.8 Å². The summed E-state index contributed by atoms with van der Waals surface area (Å²) >= 11 is 0. The average molecular weight is 244 g/mol. The first-order chi connectivity index (χ1) is 7.76. The van der Waals surface area contributed by atoms with Crippen LogP contribution in [0.25, 0.3) is 0 Å². The van der Waals surface area contributed by atoms with Gasteiger partial charge in [0.2, 0.25) is 5.91 Å². The highest BCUT2D eigenvalue weighted by Crippen LogP contribution is 1.99. The van der Waals surface area contributed by atoms with Crippen molar-refractivity contribution in [3.8, 4) is 0 Å². The number of nitrogens with one attached hydrogen (secondary N) is 2. The van der Waals surface area contributed by atoms with Gasteiger partial charge in [-0.1, -0.05) is 6.92 Å². The van der Waals surface area contributed by atoms with Crippen LogP contribution in [0, 0.1) is 5.92 Å². The van der Waals surface area contributed by atoms with E-state index in [2.05, 4.69) is 15.4 Å². The summed E-state index contributed by atoms with van der Waals surface area (Å²) in [6, 6.07) is 0. The molecule has 0 saturated carbocycles. The highest BCUT2D eigenvalue weighted by molar-refractivity contribution is 5.76. The fraction of sp³-hybridized carbons (Fsp3) is 0.833. The van der Waals surface area contributed by atoms with Crippen LogP contribution in [0.2, 0.25) is 0 Å². The molecule has 0 fully saturated rings. The van der Waals surface area contributed by atoms with Gasteiger partial charge in [-0.25, -0.2) is 0 Å². The second-order valence-electron chi connectivity index (χ2n) is 5.18. The second-order valence-corrected chi connectivity index (χ2v) is 5.18. The Morgan fingerprint density at radius 3 is 2.35 bits per heavy atom. The molecule has 0 aliphatic carbocycles. The summed E-state index contributed by atoms with van der Waals surface area (Å²) in [7, 11) is 1.37. The Bertz CT molecular complexity index is 259. The molecule has 0 aliphatic heterocycles. The minimum absolute atomic E-state index is 0.00993. The molecule has 0 aromatic carbocycles. The summed E-state index contributed by atoms with van der Waals surface area (Å²) in [5.74, 6) is -0.418. The van der Waals surface area contributed by atoms with Crippen LogP contribution < -0.4 is 10.6 Å². The van der Waals surface area contributed by atoms with Crippen LogP contribution in [0.5, 0.6) is 0 Å². The Hall–Kier alpha value is -1.10. The zero-order chi connectivity index (χ0) is 13.5. The monoisotopic (exact) mass is 244 g/mol. The molecule has 1 unspecified atom stereocenters. The Morgan fingerprint density at radius 1 is 1.29 bits per heavy atom. The van der Waals surface area contributed by atoms with E-state index >= 15 is 0 Å². The normalized spacial score (nSPS) is 13.0. The number of carbonyl (C=O) groups excluding carboxylic acids is 2. The van der Waals surface area contributed by atoms with Crippen LogP contribution in [0.4, 0.5) is 0 Å². The van der Waals surface area contributed by atoms with Crippen LogP contribution in [0.3, 0.4) is 0 Å². The number of methoxy groups -OCH3 is 1. The van der Waals surface area contributed by atoms with Gasteiger partial charge in [0.25, 0.3) is 0 Å². The van der Waals surface area contributed by atoms with E-state index < -0.39 is 0 Å². The molecule has 2 N–H and O–H groups in total. The predicted octanol–water partition coefficient (Wildman–Crippen LogP) is 0.690. The first-order valence-electron chi connectivity index (χ1n) is 5.86. The highest BCUT2D eigenvalue weighted by atomic mass is 16.5. The Balaban J connectivity index is 3.65. The van der Waals surface area contributed by atoms with Crippen LogP contribution in [0.1, 0.15) is 34.1 Å². The molecule has 0 spiro atoms. The van der Waals surface area contributed by atoms with E-state index in [9.17, 15) is 9.59 Å². The van der Waals surface area contributed by atoms with Gasteiger partial charge in [0.05, 0.1) is 13.0 Å². The summed E-state index contributed by atoms with van der Waals surface area (Å²) in [4.78, 5) is 22.5. The number of carbonyl (C=O) groups is 2. The fourth-order valence-electron chi connectivity index (χ4n) is 1.29. The predicted molar refractivity (Wildman–Crippen MR) is 66.6 cm³/mol. The summed E-state index contributed by atoms with van der Waals surface area (Å²) in [6.07, 6.45) is 0.408. The van der Waals surface area contributed by atoms with E-state index in [0.717, 1.165) is 0 Å². The molecule has 0 saturated heterocycles. The number of ether oxygens (including phenoxy) is 1. The van der Waals surface area contributed by atoms with Crippen molar-refractivity contribution >= 4 is 11.9 Å². The summed E-state index contributed by atoms with van der Waals surface area (Å²) in [5.41, 5.74) is -0.198. The lowest BCUT2D eigenvalue weighted by Crippen LogP contribution is -2.41. The smallest absolute Gasteiger partial charge is 0.309 e. The standard InChI is InChI=1S/C12H24N2O3/c1-9(11(16)17-5)8-13-7-6-10(15)14-12(2,3)4/h9,13H,6-8H2,1-5H3,(H,14,15). The molecule has 1 amide bonds. The SMILES string of the molecule is COC(=O)C(C)CNCCC(=O)NC(C)(C)C. The minimum atomic E-state index is -0.239. The van der Waals surface area contributed by atoms with Crippen molar-refractivity contribution in [2.24, 2.45) is 5.92 Å². The Labute approximate surface area is 103 Å². The van der Waals surface area contributed by atoms with E-state index in [0.29, 0.717) is 19.5 Å². The third-order valence-corrected chi connectivity index (χ3v) is 2.10. The van der Waals surface area contributed by atoms with Gasteiger partial charge in [-0.2, -0.15) is 0 Å². The third kappa shape index (κ3) is 8.68. The molecule has 5 heteroatoms. The van der Waals surface area contributed by atoms with Crippen LogP contribution in [0.15, 0.2) is 0 Å². The Morgan fingerprint density at radius 2 is 1.88 bits per heavy atom. The Kier molecular flexibility index (Phi) is 6.80. The average Bonchev–Trinajstić information content (AvgIpc) is 2.20. The summed E-state index contributed by atoms with van der Waals surface area (Å²) < 4.78 is 4.60. The number of esters is 1. The summed E-state index contributed by atoms with van der Waals surface area (Å²) in [5, 5.41) is 5.93. The maximum atomic E-state index is 11.5. The molecule has 17 heavy (non-hydrogen) atoms. The van der Waals surface area contributed by atoms with Crippen LogP contribution in [-0.2, 0) is 14.3 Å². The van der Waals surface area contributed by atoms with E-state index in [-0.39, 0.29) is 23.3 Å². The first-order valence-corrected chi connectivity index (χ1v) is 5.86. The van der Waals surface area contributed by atoms with Crippen molar-refractivity contribution in [1.29, 1.82) is 0 Å². The minimum Gasteiger partial charge on any atom is -0.469 e. The largest absolute Gasteiger partial charge is 0.469 e. The molecule has 0 heterocycles. The van der Waals surface area contributed by atoms with E-state index in [1.165, 1.54) is 7.11 Å². The summed E-state index contributed by atoms with van der Waals surface area (Å²) in [6.45, 7) is 8.69. The van der Waals surface area contributed by atoms with E-state index in [4.69, 9.17) is 0 Å². The van der Waals surface area contributed by atoms with Gasteiger partial charge < -0.3 is 15.4 Å². The number of hydrogen-bond donors (Lipinski definition) is 2. The molecular formula is C12H24N2O3. The van der Waals surface area contributed by atoms with Gasteiger partial charge in [-0.15, -0.1) is 0 Å². The van der Waals surface area contributed by atoms with Gasteiger partial charge in [0, 0.05) is 25.0 Å². The lowest BCUT2D eigenvalue weighted by molar-refractivity contribution is -0.144. The van der Waals surface area contributed by atoms with Crippen molar-refractivity contribution < 1.29 is 14.3 Å². The molecule has 0 aromatic rings. The lowest BCUT2D eigenvalue weighted by atomic mass is 10.1. The molecule has 0 aliphatic rings. The molecular weight excluding hydrogens is 220 g/mol. The highest BCUT2D eigenvalue weighted by Gasteiger charge is 2.14. The van der Waals surface area contributed by atoms with Gasteiger partial charge >= 0.3 is 5.97 Å². The van der Waals surface area contributed by atoms with Gasteiger partial charge in [0.15, 0.2) is 0 Å². The van der Waals surface area contributed by atoms with Crippen molar-refractivity contribution in [3.05, 3.63) is 0 Å². The van der Waals surface area contributed by atoms with Gasteiger partial charge in [0.1, 0.15) is 0 Å². The molecule has 100 valence electrons. The second kappa shape index (κ2) is 7.27. The maximum Gasteiger partial charge on any atom is 0.309 e. The molecule has 0 aromatic heterocycles. The fourth-order valence-corrected chi connectivity index (χ4v) is 1.29. The third-order valence-electron chi connectivity index (χ3n) is 2.10. The van der Waals surface area contributed by atoms with E-state index in [1.807, 2.05) is 20.8 Å². The molecule has 5 nitrogen and oxygen atoms in total. The van der Waals surface area contributed by atoms with Crippen LogP contribution in [-0.4, -0.2) is 37.6 Å². The van der Waals surface area contributed by atoms with Gasteiger partial charge in [-0.3, -0.25) is 9.59 Å².